The Kier molecular flexibility index (Phi) is 7.29. The number of hydrogen-bond donors (Lipinski definition) is 1. The lowest BCUT2D eigenvalue weighted by molar-refractivity contribution is 0.465. The van der Waals surface area contributed by atoms with E-state index in [1.165, 1.54) is 19.3 Å². The third-order valence-electron chi connectivity index (χ3n) is 2.83. The maximum Gasteiger partial charge on any atom is 0.0963 e. The van der Waals surface area contributed by atoms with Crippen molar-refractivity contribution in [3.63, 3.8) is 0 Å². The van der Waals surface area contributed by atoms with Gasteiger partial charge in [0.2, 0.25) is 0 Å². The molecular weight excluding hydrogens is 228 g/mol. The minimum Gasteiger partial charge on any atom is -0.313 e. The van der Waals surface area contributed by atoms with Crippen LogP contribution in [0.3, 0.4) is 0 Å². The van der Waals surface area contributed by atoms with Crippen LogP contribution in [0.4, 0.5) is 0 Å². The fraction of sp³-hybridized carbons (Fsp3) is 0.643. The van der Waals surface area contributed by atoms with Gasteiger partial charge in [-0.15, -0.1) is 11.8 Å². The van der Waals surface area contributed by atoms with Gasteiger partial charge in [-0.25, -0.2) is 4.98 Å². The first-order chi connectivity index (χ1) is 8.31. The largest absolute Gasteiger partial charge is 0.313 e. The first kappa shape index (κ1) is 14.5. The summed E-state index contributed by atoms with van der Waals surface area (Å²) < 4.78 is 0. The molecule has 0 fully saturated rings. The van der Waals surface area contributed by atoms with Crippen LogP contribution in [0.2, 0.25) is 0 Å². The molecule has 96 valence electrons. The maximum absolute atomic E-state index is 4.40. The molecule has 1 aromatic rings. The highest BCUT2D eigenvalue weighted by Crippen LogP contribution is 2.27. The van der Waals surface area contributed by atoms with E-state index in [0.717, 1.165) is 11.6 Å². The number of pyridine rings is 1. The normalized spacial score (nSPS) is 14.5. The van der Waals surface area contributed by atoms with Gasteiger partial charge < -0.3 is 5.32 Å². The highest BCUT2D eigenvalue weighted by molar-refractivity contribution is 7.99. The molecule has 1 aromatic heterocycles. The maximum atomic E-state index is 4.40. The molecular formula is C14H24N2S. The van der Waals surface area contributed by atoms with Gasteiger partial charge in [-0.05, 0) is 31.5 Å². The van der Waals surface area contributed by atoms with E-state index in [9.17, 15) is 0 Å². The first-order valence-electron chi connectivity index (χ1n) is 6.62. The SMILES string of the molecule is CCCC(NCC)C(CC)Sc1ccccn1. The van der Waals surface area contributed by atoms with E-state index in [4.69, 9.17) is 0 Å². The van der Waals surface area contributed by atoms with Gasteiger partial charge in [0.1, 0.15) is 0 Å². The van der Waals surface area contributed by atoms with Crippen LogP contribution in [0.25, 0.3) is 0 Å². The molecule has 17 heavy (non-hydrogen) atoms. The fourth-order valence-corrected chi connectivity index (χ4v) is 3.17. The number of nitrogens with one attached hydrogen (secondary N) is 1. The summed E-state index contributed by atoms with van der Waals surface area (Å²) in [6, 6.07) is 6.73. The molecule has 2 nitrogen and oxygen atoms in total. The molecule has 0 saturated carbocycles. The van der Waals surface area contributed by atoms with Gasteiger partial charge in [0.05, 0.1) is 5.03 Å². The molecule has 0 aliphatic heterocycles. The molecule has 0 aromatic carbocycles. The second kappa shape index (κ2) is 8.54. The number of aromatic nitrogens is 1. The summed E-state index contributed by atoms with van der Waals surface area (Å²) in [5.41, 5.74) is 0. The second-order valence-electron chi connectivity index (χ2n) is 4.19. The van der Waals surface area contributed by atoms with Crippen molar-refractivity contribution in [3.8, 4) is 0 Å². The van der Waals surface area contributed by atoms with Crippen LogP contribution < -0.4 is 5.32 Å². The minimum atomic E-state index is 0.599. The van der Waals surface area contributed by atoms with E-state index in [2.05, 4.69) is 43.2 Å². The third-order valence-corrected chi connectivity index (χ3v) is 4.27. The van der Waals surface area contributed by atoms with Gasteiger partial charge in [-0.1, -0.05) is 33.3 Å². The van der Waals surface area contributed by atoms with Crippen molar-refractivity contribution in [3.05, 3.63) is 24.4 Å². The van der Waals surface area contributed by atoms with Crippen LogP contribution in [-0.2, 0) is 0 Å². The molecule has 2 atom stereocenters. The molecule has 1 rings (SSSR count). The molecule has 0 aliphatic carbocycles. The molecule has 3 heteroatoms. The lowest BCUT2D eigenvalue weighted by Crippen LogP contribution is -2.37. The smallest absolute Gasteiger partial charge is 0.0963 e. The summed E-state index contributed by atoms with van der Waals surface area (Å²) in [5, 5.41) is 5.36. The zero-order chi connectivity index (χ0) is 12.5. The second-order valence-corrected chi connectivity index (χ2v) is 5.44. The summed E-state index contributed by atoms with van der Waals surface area (Å²) in [5.74, 6) is 0. The van der Waals surface area contributed by atoms with Gasteiger partial charge in [0, 0.05) is 17.5 Å². The van der Waals surface area contributed by atoms with Crippen molar-refractivity contribution >= 4 is 11.8 Å². The third kappa shape index (κ3) is 5.09. The van der Waals surface area contributed by atoms with Crippen molar-refractivity contribution in [2.45, 2.75) is 56.4 Å². The highest BCUT2D eigenvalue weighted by Gasteiger charge is 2.19. The summed E-state index contributed by atoms with van der Waals surface area (Å²) in [6.45, 7) is 7.74. The fourth-order valence-electron chi connectivity index (χ4n) is 2.01. The molecule has 1 N–H and O–H groups in total. The van der Waals surface area contributed by atoms with Crippen LogP contribution in [0, 0.1) is 0 Å². The zero-order valence-electron chi connectivity index (χ0n) is 11.1. The Morgan fingerprint density at radius 1 is 1.29 bits per heavy atom. The number of nitrogens with zero attached hydrogens (tertiary/aromatic N) is 1. The van der Waals surface area contributed by atoms with Gasteiger partial charge in [-0.2, -0.15) is 0 Å². The topological polar surface area (TPSA) is 24.9 Å². The lowest BCUT2D eigenvalue weighted by atomic mass is 10.1. The Labute approximate surface area is 110 Å². The van der Waals surface area contributed by atoms with E-state index in [1.807, 2.05) is 24.0 Å². The predicted octanol–water partition coefficient (Wildman–Crippen LogP) is 3.73. The van der Waals surface area contributed by atoms with Gasteiger partial charge >= 0.3 is 0 Å². The Morgan fingerprint density at radius 2 is 2.12 bits per heavy atom. The van der Waals surface area contributed by atoms with Gasteiger partial charge in [-0.3, -0.25) is 0 Å². The Morgan fingerprint density at radius 3 is 2.65 bits per heavy atom. The molecule has 0 saturated heterocycles. The van der Waals surface area contributed by atoms with E-state index in [1.54, 1.807) is 0 Å². The minimum absolute atomic E-state index is 0.599. The van der Waals surface area contributed by atoms with Crippen LogP contribution >= 0.6 is 11.8 Å². The molecule has 0 amide bonds. The Hall–Kier alpha value is -0.540. The van der Waals surface area contributed by atoms with Crippen molar-refractivity contribution in [1.29, 1.82) is 0 Å². The standard InChI is InChI=1S/C14H24N2S/c1-4-9-12(15-6-3)13(5-2)17-14-10-7-8-11-16-14/h7-8,10-13,15H,4-6,9H2,1-3H3. The first-order valence-corrected chi connectivity index (χ1v) is 7.50. The predicted molar refractivity (Wildman–Crippen MR) is 76.5 cm³/mol. The van der Waals surface area contributed by atoms with E-state index < -0.39 is 0 Å². The van der Waals surface area contributed by atoms with Crippen LogP contribution in [-0.4, -0.2) is 22.8 Å². The number of thioether (sulfide) groups is 1. The number of rotatable bonds is 8. The molecule has 0 radical (unpaired) electrons. The van der Waals surface area contributed by atoms with Crippen LogP contribution in [0.1, 0.15) is 40.0 Å². The zero-order valence-corrected chi connectivity index (χ0v) is 12.0. The van der Waals surface area contributed by atoms with Gasteiger partial charge in [0.15, 0.2) is 0 Å². The van der Waals surface area contributed by atoms with E-state index >= 15 is 0 Å². The highest BCUT2D eigenvalue weighted by atomic mass is 32.2. The summed E-state index contributed by atoms with van der Waals surface area (Å²) >= 11 is 1.90. The van der Waals surface area contributed by atoms with Crippen LogP contribution in [0.15, 0.2) is 29.4 Å². The molecule has 0 aliphatic rings. The monoisotopic (exact) mass is 252 g/mol. The van der Waals surface area contributed by atoms with Crippen molar-refractivity contribution < 1.29 is 0 Å². The Balaban J connectivity index is 2.61. The van der Waals surface area contributed by atoms with E-state index in [0.29, 0.717) is 11.3 Å². The molecule has 0 bridgehead atoms. The summed E-state index contributed by atoms with van der Waals surface area (Å²) in [6.07, 6.45) is 5.53. The van der Waals surface area contributed by atoms with Crippen molar-refractivity contribution in [2.24, 2.45) is 0 Å². The Bertz CT molecular complexity index is 284. The molecule has 2 unspecified atom stereocenters. The van der Waals surface area contributed by atoms with Gasteiger partial charge in [0.25, 0.3) is 0 Å². The lowest BCUT2D eigenvalue weighted by Gasteiger charge is -2.26. The van der Waals surface area contributed by atoms with Crippen molar-refractivity contribution in [2.75, 3.05) is 6.54 Å². The average molecular weight is 252 g/mol. The summed E-state index contributed by atoms with van der Waals surface area (Å²) in [4.78, 5) is 4.40. The number of hydrogen-bond acceptors (Lipinski definition) is 3. The quantitative estimate of drug-likeness (QED) is 0.714. The average Bonchev–Trinajstić information content (AvgIpc) is 2.37. The van der Waals surface area contributed by atoms with E-state index in [-0.39, 0.29) is 0 Å². The van der Waals surface area contributed by atoms with Crippen LogP contribution in [0.5, 0.6) is 0 Å². The molecule has 0 spiro atoms. The molecule has 1 heterocycles. The van der Waals surface area contributed by atoms with Crippen molar-refractivity contribution in [1.82, 2.24) is 10.3 Å². The summed E-state index contributed by atoms with van der Waals surface area (Å²) in [7, 11) is 0.